The van der Waals surface area contributed by atoms with Crippen LogP contribution in [0.4, 0.5) is 0 Å². The van der Waals surface area contributed by atoms with Gasteiger partial charge in [-0.1, -0.05) is 6.07 Å². The van der Waals surface area contributed by atoms with Crippen molar-refractivity contribution in [3.8, 4) is 22.9 Å². The van der Waals surface area contributed by atoms with Gasteiger partial charge >= 0.3 is 0 Å². The van der Waals surface area contributed by atoms with E-state index in [0.717, 1.165) is 39.0 Å². The fraction of sp³-hybridized carbons (Fsp3) is 0.360. The monoisotopic (exact) mass is 473 g/mol. The molecule has 10 heteroatoms. The van der Waals surface area contributed by atoms with Crippen molar-refractivity contribution in [2.75, 3.05) is 13.2 Å². The van der Waals surface area contributed by atoms with Gasteiger partial charge in [-0.25, -0.2) is 4.68 Å². The topological polar surface area (TPSA) is 103 Å². The van der Waals surface area contributed by atoms with Crippen molar-refractivity contribution in [2.24, 2.45) is 14.1 Å². The highest BCUT2D eigenvalue weighted by Crippen LogP contribution is 2.35. The van der Waals surface area contributed by atoms with Crippen molar-refractivity contribution in [1.82, 2.24) is 34.7 Å². The molecule has 0 saturated carbocycles. The molecular formula is C25H27N7O3. The molecular weight excluding hydrogens is 446 g/mol. The van der Waals surface area contributed by atoms with Gasteiger partial charge in [0.2, 0.25) is 17.7 Å². The standard InChI is InChI=1S/C25H27N7O3/c1-4-34-24-17-7-9-21-18-11-15(5-8-20(18)27-28-21)19-12-26-31(3)25(19)35-16-6-10-23(33)32(13-16)14-22(17)30(2)29-24/h5,7-9,11-12,16H,4,6,10,13-14H2,1-3H3,(H,27,28)/b9-7+/t16-/m1/s1. The number of aryl methyl sites for hydroxylation is 2. The minimum Gasteiger partial charge on any atom is -0.476 e. The highest BCUT2D eigenvalue weighted by molar-refractivity contribution is 5.93. The molecule has 2 aliphatic heterocycles. The summed E-state index contributed by atoms with van der Waals surface area (Å²) in [5.74, 6) is 1.35. The van der Waals surface area contributed by atoms with Gasteiger partial charge in [-0.15, -0.1) is 5.10 Å². The minimum atomic E-state index is -0.140. The second-order valence-electron chi connectivity index (χ2n) is 8.96. The zero-order chi connectivity index (χ0) is 24.1. The second kappa shape index (κ2) is 8.30. The summed E-state index contributed by atoms with van der Waals surface area (Å²) in [4.78, 5) is 14.7. The van der Waals surface area contributed by atoms with Crippen LogP contribution in [-0.2, 0) is 25.4 Å². The van der Waals surface area contributed by atoms with Crippen molar-refractivity contribution in [2.45, 2.75) is 32.4 Å². The molecule has 0 aliphatic carbocycles. The number of amides is 1. The number of hydrogen-bond donors (Lipinski definition) is 1. The predicted octanol–water partition coefficient (Wildman–Crippen LogP) is 3.15. The van der Waals surface area contributed by atoms with Crippen LogP contribution in [0.3, 0.4) is 0 Å². The van der Waals surface area contributed by atoms with Crippen molar-refractivity contribution >= 4 is 29.0 Å². The first-order chi connectivity index (χ1) is 17.0. The third kappa shape index (κ3) is 3.65. The SMILES string of the molecule is CCOc1nn(C)c2c1/C=C/c1[nH]nc3ccc(cc13)-c1cnn(C)c1O[C@@H]1CCC(=O)N(C2)C1. The predicted molar refractivity (Wildman–Crippen MR) is 131 cm³/mol. The van der Waals surface area contributed by atoms with Gasteiger partial charge in [0.15, 0.2) is 0 Å². The average Bonchev–Trinajstić information content (AvgIpc) is 3.50. The lowest BCUT2D eigenvalue weighted by Crippen LogP contribution is -2.44. The Morgan fingerprint density at radius 3 is 2.97 bits per heavy atom. The van der Waals surface area contributed by atoms with Crippen molar-refractivity contribution in [1.29, 1.82) is 0 Å². The molecule has 3 aromatic heterocycles. The van der Waals surface area contributed by atoms with Gasteiger partial charge in [-0.2, -0.15) is 10.2 Å². The fourth-order valence-electron chi connectivity index (χ4n) is 4.87. The molecule has 1 N–H and O–H groups in total. The first kappa shape index (κ1) is 21.5. The number of aromatic amines is 1. The lowest BCUT2D eigenvalue weighted by atomic mass is 10.0. The molecule has 5 heterocycles. The van der Waals surface area contributed by atoms with Gasteiger partial charge in [0.25, 0.3) is 0 Å². The van der Waals surface area contributed by atoms with E-state index in [1.165, 1.54) is 0 Å². The molecule has 35 heavy (non-hydrogen) atoms. The van der Waals surface area contributed by atoms with Crippen LogP contribution in [0.25, 0.3) is 34.2 Å². The maximum absolute atomic E-state index is 12.9. The fourth-order valence-corrected chi connectivity index (χ4v) is 4.87. The van der Waals surface area contributed by atoms with Crippen molar-refractivity contribution in [3.05, 3.63) is 41.3 Å². The maximum Gasteiger partial charge on any atom is 0.240 e. The van der Waals surface area contributed by atoms with Gasteiger partial charge in [-0.05, 0) is 43.2 Å². The number of hydrogen-bond acceptors (Lipinski definition) is 6. The lowest BCUT2D eigenvalue weighted by molar-refractivity contribution is -0.137. The van der Waals surface area contributed by atoms with E-state index in [9.17, 15) is 4.79 Å². The van der Waals surface area contributed by atoms with E-state index < -0.39 is 0 Å². The summed E-state index contributed by atoms with van der Waals surface area (Å²) < 4.78 is 15.9. The molecule has 0 unspecified atom stereocenters. The summed E-state index contributed by atoms with van der Waals surface area (Å²) in [6.07, 6.45) is 6.76. The molecule has 4 bridgehead atoms. The van der Waals surface area contributed by atoms with Gasteiger partial charge in [0, 0.05) is 25.9 Å². The van der Waals surface area contributed by atoms with Crippen LogP contribution < -0.4 is 9.47 Å². The van der Waals surface area contributed by atoms with E-state index in [1.807, 2.05) is 56.4 Å². The first-order valence-corrected chi connectivity index (χ1v) is 11.8. The molecule has 4 aromatic rings. The van der Waals surface area contributed by atoms with Crippen LogP contribution in [-0.4, -0.2) is 59.8 Å². The number of rotatable bonds is 2. The Morgan fingerprint density at radius 1 is 1.23 bits per heavy atom. The van der Waals surface area contributed by atoms with Crippen LogP contribution in [0.5, 0.6) is 11.8 Å². The molecule has 1 fully saturated rings. The van der Waals surface area contributed by atoms with E-state index in [4.69, 9.17) is 9.47 Å². The number of carbonyl (C=O) groups is 1. The third-order valence-electron chi connectivity index (χ3n) is 6.73. The van der Waals surface area contributed by atoms with Crippen LogP contribution in [0.1, 0.15) is 36.7 Å². The summed E-state index contributed by atoms with van der Waals surface area (Å²) in [5, 5.41) is 17.7. The normalized spacial score (nSPS) is 18.5. The van der Waals surface area contributed by atoms with Crippen molar-refractivity contribution < 1.29 is 14.3 Å². The van der Waals surface area contributed by atoms with E-state index in [1.54, 1.807) is 9.36 Å². The number of fused-ring (bicyclic) bond motifs is 6. The summed E-state index contributed by atoms with van der Waals surface area (Å²) >= 11 is 0. The van der Waals surface area contributed by atoms with Gasteiger partial charge in [-0.3, -0.25) is 14.6 Å². The first-order valence-electron chi connectivity index (χ1n) is 11.8. The Balaban J connectivity index is 1.55. The van der Waals surface area contributed by atoms with Crippen LogP contribution >= 0.6 is 0 Å². The Kier molecular flexibility index (Phi) is 5.09. The molecule has 2 aliphatic rings. The molecule has 0 radical (unpaired) electrons. The van der Waals surface area contributed by atoms with Crippen LogP contribution in [0.15, 0.2) is 24.4 Å². The Labute approximate surface area is 202 Å². The molecule has 6 rings (SSSR count). The third-order valence-corrected chi connectivity index (χ3v) is 6.73. The smallest absolute Gasteiger partial charge is 0.240 e. The number of nitrogens with zero attached hydrogens (tertiary/aromatic N) is 6. The average molecular weight is 474 g/mol. The van der Waals surface area contributed by atoms with E-state index in [0.29, 0.717) is 44.3 Å². The highest BCUT2D eigenvalue weighted by atomic mass is 16.5. The summed E-state index contributed by atoms with van der Waals surface area (Å²) in [7, 11) is 3.76. The number of aromatic nitrogens is 6. The summed E-state index contributed by atoms with van der Waals surface area (Å²) in [6, 6.07) is 6.13. The minimum absolute atomic E-state index is 0.107. The second-order valence-corrected chi connectivity index (χ2v) is 8.96. The van der Waals surface area contributed by atoms with Crippen molar-refractivity contribution in [3.63, 3.8) is 0 Å². The summed E-state index contributed by atoms with van der Waals surface area (Å²) in [5.41, 5.74) is 5.40. The van der Waals surface area contributed by atoms with E-state index >= 15 is 0 Å². The zero-order valence-corrected chi connectivity index (χ0v) is 20.0. The summed E-state index contributed by atoms with van der Waals surface area (Å²) in [6.45, 7) is 3.34. The molecule has 1 amide bonds. The molecule has 10 nitrogen and oxygen atoms in total. The lowest BCUT2D eigenvalue weighted by Gasteiger charge is -2.33. The maximum atomic E-state index is 12.9. The van der Waals surface area contributed by atoms with Crippen LogP contribution in [0.2, 0.25) is 0 Å². The Bertz CT molecular complexity index is 1460. The highest BCUT2D eigenvalue weighted by Gasteiger charge is 2.30. The number of ether oxygens (including phenoxy) is 2. The van der Waals surface area contributed by atoms with Crippen LogP contribution in [0, 0.1) is 0 Å². The number of nitrogens with one attached hydrogen (secondary N) is 1. The Hall–Kier alpha value is -4.08. The van der Waals surface area contributed by atoms with Gasteiger partial charge in [0.05, 0.1) is 53.9 Å². The molecule has 0 spiro atoms. The number of benzene rings is 1. The quantitative estimate of drug-likeness (QED) is 0.480. The number of carbonyl (C=O) groups excluding carboxylic acids is 1. The Morgan fingerprint density at radius 2 is 2.11 bits per heavy atom. The molecule has 1 saturated heterocycles. The van der Waals surface area contributed by atoms with Gasteiger partial charge in [0.1, 0.15) is 6.10 Å². The van der Waals surface area contributed by atoms with E-state index in [-0.39, 0.29) is 12.0 Å². The molecule has 1 atom stereocenters. The number of H-pyrrole nitrogens is 1. The molecule has 1 aromatic carbocycles. The zero-order valence-electron chi connectivity index (χ0n) is 20.0. The van der Waals surface area contributed by atoms with Gasteiger partial charge < -0.3 is 14.4 Å². The van der Waals surface area contributed by atoms with E-state index in [2.05, 4.69) is 26.5 Å². The number of piperidine rings is 1. The molecule has 180 valence electrons. The largest absolute Gasteiger partial charge is 0.476 e.